The molecule has 0 aliphatic carbocycles. The van der Waals surface area contributed by atoms with E-state index < -0.39 is 0 Å². The van der Waals surface area contributed by atoms with Crippen LogP contribution in [0.4, 0.5) is 0 Å². The monoisotopic (exact) mass is 266 g/mol. The van der Waals surface area contributed by atoms with Gasteiger partial charge in [0, 0.05) is 11.1 Å². The van der Waals surface area contributed by atoms with Crippen LogP contribution in [0.5, 0.6) is 5.75 Å². The predicted molar refractivity (Wildman–Crippen MR) is 79.2 cm³/mol. The molecule has 0 aliphatic heterocycles. The molecular formula is C17H14O3. The summed E-state index contributed by atoms with van der Waals surface area (Å²) < 4.78 is 11.1. The number of fused-ring (bicyclic) bond motifs is 1. The Morgan fingerprint density at radius 3 is 2.50 bits per heavy atom. The van der Waals surface area contributed by atoms with Crippen molar-refractivity contribution in [2.24, 2.45) is 0 Å². The van der Waals surface area contributed by atoms with Gasteiger partial charge in [-0.1, -0.05) is 30.3 Å². The molecule has 0 saturated carbocycles. The topological polar surface area (TPSA) is 39.4 Å². The van der Waals surface area contributed by atoms with Gasteiger partial charge in [-0.05, 0) is 25.1 Å². The first-order valence-corrected chi connectivity index (χ1v) is 6.37. The first kappa shape index (κ1) is 12.5. The Kier molecular flexibility index (Phi) is 3.03. The Hall–Kier alpha value is -2.55. The van der Waals surface area contributed by atoms with Crippen LogP contribution in [0.15, 0.2) is 57.7 Å². The van der Waals surface area contributed by atoms with Gasteiger partial charge in [-0.25, -0.2) is 0 Å². The minimum Gasteiger partial charge on any atom is -0.497 e. The maximum atomic E-state index is 12.5. The fraction of sp³-hybridized carbons (Fsp3) is 0.118. The lowest BCUT2D eigenvalue weighted by molar-refractivity contribution is 0.415. The fourth-order valence-electron chi connectivity index (χ4n) is 2.26. The van der Waals surface area contributed by atoms with Gasteiger partial charge in [0.15, 0.2) is 5.43 Å². The second-order valence-corrected chi connectivity index (χ2v) is 4.61. The van der Waals surface area contributed by atoms with Crippen LogP contribution >= 0.6 is 0 Å². The molecule has 100 valence electrons. The van der Waals surface area contributed by atoms with Crippen LogP contribution < -0.4 is 10.2 Å². The summed E-state index contributed by atoms with van der Waals surface area (Å²) in [5, 5.41) is 0.543. The molecule has 0 amide bonds. The minimum atomic E-state index is -0.0241. The van der Waals surface area contributed by atoms with Gasteiger partial charge in [-0.3, -0.25) is 4.79 Å². The third-order valence-electron chi connectivity index (χ3n) is 3.36. The molecule has 0 saturated heterocycles. The van der Waals surface area contributed by atoms with Crippen molar-refractivity contribution in [2.45, 2.75) is 6.92 Å². The zero-order valence-corrected chi connectivity index (χ0v) is 11.3. The quantitative estimate of drug-likeness (QED) is 0.708. The van der Waals surface area contributed by atoms with Gasteiger partial charge >= 0.3 is 0 Å². The van der Waals surface area contributed by atoms with Crippen molar-refractivity contribution in [1.29, 1.82) is 0 Å². The van der Waals surface area contributed by atoms with Crippen molar-refractivity contribution >= 4 is 11.0 Å². The van der Waals surface area contributed by atoms with E-state index in [1.54, 1.807) is 32.2 Å². The lowest BCUT2D eigenvalue weighted by Crippen LogP contribution is -2.07. The van der Waals surface area contributed by atoms with E-state index in [0.717, 1.165) is 5.56 Å². The molecule has 0 spiro atoms. The van der Waals surface area contributed by atoms with E-state index in [4.69, 9.17) is 9.15 Å². The number of rotatable bonds is 2. The Morgan fingerprint density at radius 2 is 1.80 bits per heavy atom. The molecule has 0 fully saturated rings. The molecule has 0 aliphatic rings. The van der Waals surface area contributed by atoms with Crippen LogP contribution in [0.3, 0.4) is 0 Å². The van der Waals surface area contributed by atoms with Crippen molar-refractivity contribution in [3.63, 3.8) is 0 Å². The summed E-state index contributed by atoms with van der Waals surface area (Å²) in [6, 6.07) is 14.9. The average Bonchev–Trinajstić information content (AvgIpc) is 2.51. The summed E-state index contributed by atoms with van der Waals surface area (Å²) in [5.74, 6) is 1.27. The Morgan fingerprint density at radius 1 is 1.05 bits per heavy atom. The van der Waals surface area contributed by atoms with E-state index in [-0.39, 0.29) is 5.43 Å². The number of methoxy groups -OCH3 is 1. The summed E-state index contributed by atoms with van der Waals surface area (Å²) >= 11 is 0. The SMILES string of the molecule is COc1ccc2oc(-c3ccccc3)c(C)c(=O)c2c1. The molecule has 3 heteroatoms. The van der Waals surface area contributed by atoms with Crippen LogP contribution in [-0.4, -0.2) is 7.11 Å². The Labute approximate surface area is 116 Å². The van der Waals surface area contributed by atoms with Gasteiger partial charge in [-0.15, -0.1) is 0 Å². The summed E-state index contributed by atoms with van der Waals surface area (Å²) in [5.41, 5.74) is 2.06. The predicted octanol–water partition coefficient (Wildman–Crippen LogP) is 3.78. The van der Waals surface area contributed by atoms with E-state index in [1.165, 1.54) is 0 Å². The molecule has 1 heterocycles. The van der Waals surface area contributed by atoms with E-state index in [0.29, 0.717) is 28.0 Å². The van der Waals surface area contributed by atoms with Crippen LogP contribution in [-0.2, 0) is 0 Å². The largest absolute Gasteiger partial charge is 0.497 e. The highest BCUT2D eigenvalue weighted by atomic mass is 16.5. The van der Waals surface area contributed by atoms with Gasteiger partial charge in [0.25, 0.3) is 0 Å². The molecule has 3 aromatic rings. The number of hydrogen-bond acceptors (Lipinski definition) is 3. The van der Waals surface area contributed by atoms with E-state index in [2.05, 4.69) is 0 Å². The smallest absolute Gasteiger partial charge is 0.196 e. The molecule has 1 aromatic heterocycles. The molecule has 2 aromatic carbocycles. The highest BCUT2D eigenvalue weighted by Crippen LogP contribution is 2.27. The summed E-state index contributed by atoms with van der Waals surface area (Å²) in [4.78, 5) is 12.5. The molecule has 0 atom stereocenters. The minimum absolute atomic E-state index is 0.0241. The van der Waals surface area contributed by atoms with Crippen molar-refractivity contribution in [1.82, 2.24) is 0 Å². The molecule has 0 unspecified atom stereocenters. The standard InChI is InChI=1S/C17H14O3/c1-11-16(18)14-10-13(19-2)8-9-15(14)20-17(11)12-6-4-3-5-7-12/h3-10H,1-2H3. The normalized spacial score (nSPS) is 10.7. The maximum absolute atomic E-state index is 12.5. The third kappa shape index (κ3) is 1.97. The van der Waals surface area contributed by atoms with Gasteiger partial charge < -0.3 is 9.15 Å². The van der Waals surface area contributed by atoms with Crippen molar-refractivity contribution in [3.05, 3.63) is 64.3 Å². The number of hydrogen-bond donors (Lipinski definition) is 0. The second kappa shape index (κ2) is 4.85. The molecule has 0 bridgehead atoms. The zero-order valence-electron chi connectivity index (χ0n) is 11.3. The van der Waals surface area contributed by atoms with Gasteiger partial charge in [0.05, 0.1) is 12.5 Å². The molecule has 0 N–H and O–H groups in total. The molecular weight excluding hydrogens is 252 g/mol. The fourth-order valence-corrected chi connectivity index (χ4v) is 2.26. The molecule has 0 radical (unpaired) electrons. The highest BCUT2D eigenvalue weighted by molar-refractivity contribution is 5.81. The summed E-state index contributed by atoms with van der Waals surface area (Å²) in [6.45, 7) is 1.78. The van der Waals surface area contributed by atoms with E-state index >= 15 is 0 Å². The molecule has 3 rings (SSSR count). The highest BCUT2D eigenvalue weighted by Gasteiger charge is 2.12. The summed E-state index contributed by atoms with van der Waals surface area (Å²) in [6.07, 6.45) is 0. The van der Waals surface area contributed by atoms with Crippen LogP contribution in [0.2, 0.25) is 0 Å². The van der Waals surface area contributed by atoms with E-state index in [1.807, 2.05) is 30.3 Å². The molecule has 3 nitrogen and oxygen atoms in total. The van der Waals surface area contributed by atoms with Gasteiger partial charge in [0.1, 0.15) is 17.1 Å². The zero-order chi connectivity index (χ0) is 14.1. The first-order valence-electron chi connectivity index (χ1n) is 6.37. The average molecular weight is 266 g/mol. The van der Waals surface area contributed by atoms with Crippen LogP contribution in [0.25, 0.3) is 22.3 Å². The third-order valence-corrected chi connectivity index (χ3v) is 3.36. The summed E-state index contributed by atoms with van der Waals surface area (Å²) in [7, 11) is 1.58. The van der Waals surface area contributed by atoms with Crippen molar-refractivity contribution in [2.75, 3.05) is 7.11 Å². The van der Waals surface area contributed by atoms with Crippen LogP contribution in [0.1, 0.15) is 5.56 Å². The van der Waals surface area contributed by atoms with Crippen molar-refractivity contribution in [3.8, 4) is 17.1 Å². The first-order chi connectivity index (χ1) is 9.70. The van der Waals surface area contributed by atoms with Gasteiger partial charge in [-0.2, -0.15) is 0 Å². The lowest BCUT2D eigenvalue weighted by atomic mass is 10.1. The molecule has 20 heavy (non-hydrogen) atoms. The Bertz CT molecular complexity index is 817. The van der Waals surface area contributed by atoms with Crippen LogP contribution in [0, 0.1) is 6.92 Å². The van der Waals surface area contributed by atoms with Crippen molar-refractivity contribution < 1.29 is 9.15 Å². The maximum Gasteiger partial charge on any atom is 0.196 e. The van der Waals surface area contributed by atoms with E-state index in [9.17, 15) is 4.79 Å². The lowest BCUT2D eigenvalue weighted by Gasteiger charge is -2.08. The number of ether oxygens (including phenoxy) is 1. The number of benzene rings is 2. The van der Waals surface area contributed by atoms with Gasteiger partial charge in [0.2, 0.25) is 0 Å². The Balaban J connectivity index is 2.32. The second-order valence-electron chi connectivity index (χ2n) is 4.61.